The summed E-state index contributed by atoms with van der Waals surface area (Å²) < 4.78 is 31.9. The van der Waals surface area contributed by atoms with Crippen molar-refractivity contribution in [1.82, 2.24) is 0 Å². The summed E-state index contributed by atoms with van der Waals surface area (Å²) in [7, 11) is 3.19. The second kappa shape index (κ2) is 7.85. The van der Waals surface area contributed by atoms with Crippen molar-refractivity contribution in [3.05, 3.63) is 59.7 Å². The average Bonchev–Trinajstić information content (AvgIpc) is 2.81. The average molecular weight is 445 g/mol. The van der Waals surface area contributed by atoms with E-state index in [1.54, 1.807) is 26.0 Å². The minimum atomic E-state index is -1.40. The van der Waals surface area contributed by atoms with Crippen LogP contribution in [0.15, 0.2) is 48.5 Å². The van der Waals surface area contributed by atoms with Crippen molar-refractivity contribution in [3.8, 4) is 11.1 Å². The minimum Gasteiger partial charge on any atom is -0.387 e. The number of rotatable bonds is 4. The van der Waals surface area contributed by atoms with E-state index in [0.29, 0.717) is 0 Å². The third kappa shape index (κ3) is 2.82. The van der Waals surface area contributed by atoms with E-state index in [1.807, 2.05) is 62.4 Å². The maximum Gasteiger partial charge on any atom is 0.256 e. The molecule has 7 heteroatoms. The van der Waals surface area contributed by atoms with E-state index in [-0.39, 0.29) is 6.10 Å². The Hall–Kier alpha value is -1.45. The number of thioether (sulfide) groups is 1. The van der Waals surface area contributed by atoms with Crippen molar-refractivity contribution < 1.29 is 28.8 Å². The van der Waals surface area contributed by atoms with Gasteiger partial charge in [0.15, 0.2) is 0 Å². The van der Waals surface area contributed by atoms with E-state index in [2.05, 4.69) is 0 Å². The molecule has 31 heavy (non-hydrogen) atoms. The first-order chi connectivity index (χ1) is 15.0. The molecule has 2 aromatic carbocycles. The summed E-state index contributed by atoms with van der Waals surface area (Å²) in [6.07, 6.45) is -2.36. The van der Waals surface area contributed by atoms with E-state index < -0.39 is 35.3 Å². The predicted octanol–water partition coefficient (Wildman–Crippen LogP) is 3.61. The van der Waals surface area contributed by atoms with Gasteiger partial charge in [0.05, 0.1) is 6.10 Å². The lowest BCUT2D eigenvalue weighted by Gasteiger charge is -2.60. The molecule has 2 unspecified atom stereocenters. The number of aliphatic hydroxyl groups is 1. The van der Waals surface area contributed by atoms with Crippen LogP contribution in [0.3, 0.4) is 0 Å². The lowest BCUT2D eigenvalue weighted by Crippen LogP contribution is -2.71. The third-order valence-electron chi connectivity index (χ3n) is 6.55. The first-order valence-electron chi connectivity index (χ1n) is 10.6. The summed E-state index contributed by atoms with van der Waals surface area (Å²) in [6, 6.07) is 15.9. The molecule has 7 atom stereocenters. The SMILES string of the molecule is CCS[C@@H]1O[C@@H](C)C2O[C@]3(OC)c4ccccc4-c4ccccc4[C@@]3(OC)OC2[C@H]1O. The molecule has 0 saturated carbocycles. The number of benzene rings is 2. The molecule has 1 N–H and O–H groups in total. The molecule has 0 spiro atoms. The van der Waals surface area contributed by atoms with Gasteiger partial charge < -0.3 is 28.8 Å². The van der Waals surface area contributed by atoms with Crippen molar-refractivity contribution >= 4 is 11.8 Å². The number of hydrogen-bond donors (Lipinski definition) is 1. The summed E-state index contributed by atoms with van der Waals surface area (Å²) >= 11 is 1.55. The van der Waals surface area contributed by atoms with Gasteiger partial charge in [0, 0.05) is 25.3 Å². The number of hydrogen-bond acceptors (Lipinski definition) is 7. The van der Waals surface area contributed by atoms with E-state index in [9.17, 15) is 5.11 Å². The topological polar surface area (TPSA) is 66.4 Å². The largest absolute Gasteiger partial charge is 0.387 e. The Morgan fingerprint density at radius 1 is 0.903 bits per heavy atom. The Balaban J connectivity index is 1.72. The molecule has 2 aromatic rings. The summed E-state index contributed by atoms with van der Waals surface area (Å²) in [6.45, 7) is 3.98. The molecule has 0 amide bonds. The van der Waals surface area contributed by atoms with Crippen LogP contribution in [0.4, 0.5) is 0 Å². The highest BCUT2D eigenvalue weighted by Crippen LogP contribution is 2.60. The normalized spacial score (nSPS) is 38.5. The van der Waals surface area contributed by atoms with Gasteiger partial charge in [-0.05, 0) is 23.8 Å². The van der Waals surface area contributed by atoms with Crippen LogP contribution in [0.5, 0.6) is 0 Å². The Morgan fingerprint density at radius 3 is 1.94 bits per heavy atom. The predicted molar refractivity (Wildman–Crippen MR) is 117 cm³/mol. The second-order valence-corrected chi connectivity index (χ2v) is 9.43. The molecule has 1 aliphatic carbocycles. The lowest BCUT2D eigenvalue weighted by molar-refractivity contribution is -0.496. The minimum absolute atomic E-state index is 0.302. The summed E-state index contributed by atoms with van der Waals surface area (Å²) in [5, 5.41) is 11.2. The molecule has 5 rings (SSSR count). The fourth-order valence-corrected chi connectivity index (χ4v) is 6.14. The van der Waals surface area contributed by atoms with Gasteiger partial charge in [-0.2, -0.15) is 0 Å². The quantitative estimate of drug-likeness (QED) is 0.773. The highest BCUT2D eigenvalue weighted by Gasteiger charge is 2.69. The van der Waals surface area contributed by atoms with Gasteiger partial charge in [0.1, 0.15) is 23.7 Å². The van der Waals surface area contributed by atoms with Crippen LogP contribution in [0, 0.1) is 0 Å². The number of aliphatic hydroxyl groups excluding tert-OH is 1. The molecule has 6 nitrogen and oxygen atoms in total. The van der Waals surface area contributed by atoms with E-state index in [1.165, 1.54) is 0 Å². The highest BCUT2D eigenvalue weighted by molar-refractivity contribution is 7.99. The second-order valence-electron chi connectivity index (χ2n) is 8.05. The highest BCUT2D eigenvalue weighted by atomic mass is 32.2. The third-order valence-corrected chi connectivity index (χ3v) is 7.60. The van der Waals surface area contributed by atoms with Crippen molar-refractivity contribution in [1.29, 1.82) is 0 Å². The molecular weight excluding hydrogens is 416 g/mol. The van der Waals surface area contributed by atoms with Crippen LogP contribution in [-0.4, -0.2) is 54.9 Å². The molecule has 0 radical (unpaired) electrons. The molecule has 166 valence electrons. The molecular formula is C24H28O6S. The Morgan fingerprint density at radius 2 is 1.42 bits per heavy atom. The zero-order chi connectivity index (χ0) is 21.8. The fraction of sp³-hybridized carbons (Fsp3) is 0.500. The van der Waals surface area contributed by atoms with Crippen LogP contribution in [0.25, 0.3) is 11.1 Å². The zero-order valence-corrected chi connectivity index (χ0v) is 18.9. The van der Waals surface area contributed by atoms with E-state index in [0.717, 1.165) is 28.0 Å². The van der Waals surface area contributed by atoms with Crippen molar-refractivity contribution in [2.75, 3.05) is 20.0 Å². The van der Waals surface area contributed by atoms with Crippen molar-refractivity contribution in [2.24, 2.45) is 0 Å². The fourth-order valence-electron chi connectivity index (χ4n) is 5.20. The maximum absolute atomic E-state index is 11.2. The van der Waals surface area contributed by atoms with Crippen molar-refractivity contribution in [3.63, 3.8) is 0 Å². The van der Waals surface area contributed by atoms with Gasteiger partial charge in [-0.3, -0.25) is 0 Å². The summed E-state index contributed by atoms with van der Waals surface area (Å²) in [5.74, 6) is -1.94. The maximum atomic E-state index is 11.2. The molecule has 2 fully saturated rings. The molecule has 0 aromatic heterocycles. The molecule has 2 heterocycles. The Bertz CT molecular complexity index is 969. The summed E-state index contributed by atoms with van der Waals surface area (Å²) in [4.78, 5) is 0. The van der Waals surface area contributed by atoms with Crippen molar-refractivity contribution in [2.45, 2.75) is 55.3 Å². The zero-order valence-electron chi connectivity index (χ0n) is 18.1. The molecule has 0 bridgehead atoms. The molecule has 2 saturated heterocycles. The first-order valence-corrected chi connectivity index (χ1v) is 11.7. The molecule has 3 aliphatic rings. The first kappa shape index (κ1) is 21.4. The van der Waals surface area contributed by atoms with E-state index in [4.69, 9.17) is 23.7 Å². The van der Waals surface area contributed by atoms with Gasteiger partial charge in [-0.25, -0.2) is 0 Å². The standard InChI is InChI=1S/C24H28O6S/c1-5-31-22-19(25)21-20(14(2)28-22)29-23(26-3)17-12-8-6-10-15(17)16-11-7-9-13-18(16)24(23,27-4)30-21/h6-14,19-22,25H,5H2,1-4H3/t14-,19+,20?,21?,22-,23+,24+/m0/s1. The van der Waals surface area contributed by atoms with Crippen LogP contribution in [0.1, 0.15) is 25.0 Å². The van der Waals surface area contributed by atoms with Crippen LogP contribution in [-0.2, 0) is 35.3 Å². The van der Waals surface area contributed by atoms with Crippen LogP contribution in [0.2, 0.25) is 0 Å². The smallest absolute Gasteiger partial charge is 0.256 e. The van der Waals surface area contributed by atoms with Gasteiger partial charge >= 0.3 is 0 Å². The molecule has 2 aliphatic heterocycles. The number of fused-ring (bicyclic) bond motifs is 7. The van der Waals surface area contributed by atoms with Gasteiger partial charge in [-0.1, -0.05) is 55.5 Å². The van der Waals surface area contributed by atoms with Gasteiger partial charge in [0.25, 0.3) is 11.6 Å². The van der Waals surface area contributed by atoms with Gasteiger partial charge in [0.2, 0.25) is 0 Å². The van der Waals surface area contributed by atoms with Crippen LogP contribution < -0.4 is 0 Å². The summed E-state index contributed by atoms with van der Waals surface area (Å²) in [5.41, 5.74) is 3.22. The Kier molecular flexibility index (Phi) is 5.42. The van der Waals surface area contributed by atoms with E-state index >= 15 is 0 Å². The Labute approximate surface area is 186 Å². The monoisotopic (exact) mass is 444 g/mol. The number of ether oxygens (including phenoxy) is 5. The van der Waals surface area contributed by atoms with Crippen LogP contribution >= 0.6 is 11.8 Å². The number of methoxy groups -OCH3 is 2. The van der Waals surface area contributed by atoms with Gasteiger partial charge in [-0.15, -0.1) is 11.8 Å². The lowest BCUT2D eigenvalue weighted by atomic mass is 9.75.